The van der Waals surface area contributed by atoms with E-state index in [9.17, 15) is 17.1 Å². The summed E-state index contributed by atoms with van der Waals surface area (Å²) in [5.41, 5.74) is 0.803. The number of aromatic nitrogens is 2. The molecule has 6 nitrogen and oxygen atoms in total. The van der Waals surface area contributed by atoms with Gasteiger partial charge in [0.25, 0.3) is 5.91 Å². The number of hydrogen-bond donors (Lipinski definition) is 1. The largest absolute Gasteiger partial charge is 0.334 e. The third kappa shape index (κ3) is 3.27. The van der Waals surface area contributed by atoms with Gasteiger partial charge < -0.3 is 5.32 Å². The topological polar surface area (TPSA) is 81.1 Å². The van der Waals surface area contributed by atoms with E-state index >= 15 is 0 Å². The molecule has 0 aliphatic carbocycles. The molecular formula is C13H14FN3O3S. The Morgan fingerprint density at radius 1 is 1.38 bits per heavy atom. The lowest BCUT2D eigenvalue weighted by Crippen LogP contribution is -2.15. The van der Waals surface area contributed by atoms with Crippen LogP contribution in [0.1, 0.15) is 23.0 Å². The minimum absolute atomic E-state index is 0.101. The number of halogens is 1. The van der Waals surface area contributed by atoms with Crippen LogP contribution in [0.3, 0.4) is 0 Å². The summed E-state index contributed by atoms with van der Waals surface area (Å²) in [6.45, 7) is 1.85. The highest BCUT2D eigenvalue weighted by atomic mass is 32.3. The van der Waals surface area contributed by atoms with Gasteiger partial charge in [0.15, 0.2) is 0 Å². The van der Waals surface area contributed by atoms with Crippen LogP contribution >= 0.6 is 0 Å². The summed E-state index contributed by atoms with van der Waals surface area (Å²) in [6.07, 6.45) is 2.08. The predicted molar refractivity (Wildman–Crippen MR) is 75.3 cm³/mol. The minimum Gasteiger partial charge on any atom is -0.321 e. The number of nitrogens with zero attached hydrogens (tertiary/aromatic N) is 2. The van der Waals surface area contributed by atoms with Crippen LogP contribution in [0.5, 0.6) is 0 Å². The van der Waals surface area contributed by atoms with Gasteiger partial charge in [0.2, 0.25) is 0 Å². The first-order valence-electron chi connectivity index (χ1n) is 6.20. The van der Waals surface area contributed by atoms with E-state index in [0.717, 1.165) is 6.07 Å². The first-order chi connectivity index (χ1) is 9.82. The Morgan fingerprint density at radius 2 is 2.05 bits per heavy atom. The molecule has 0 aliphatic rings. The van der Waals surface area contributed by atoms with E-state index in [1.54, 1.807) is 7.05 Å². The van der Waals surface area contributed by atoms with Crippen molar-refractivity contribution in [3.05, 3.63) is 41.7 Å². The molecule has 0 bridgehead atoms. The standard InChI is InChI=1S/C13H14FN3O3S/c1-3-10-9(8-17(2)16-10)13(18)15-11-6-4-5-7-12(11)21(14,19)20/h4-8H,3H2,1-2H3,(H,15,18). The molecule has 0 aliphatic heterocycles. The molecule has 1 aromatic heterocycles. The van der Waals surface area contributed by atoms with E-state index in [0.29, 0.717) is 17.7 Å². The lowest BCUT2D eigenvalue weighted by atomic mass is 10.2. The fourth-order valence-corrected chi connectivity index (χ4v) is 2.58. The Hall–Kier alpha value is -2.22. The number of rotatable bonds is 4. The second-order valence-electron chi connectivity index (χ2n) is 4.40. The molecule has 21 heavy (non-hydrogen) atoms. The van der Waals surface area contributed by atoms with E-state index in [1.165, 1.54) is 29.1 Å². The first kappa shape index (κ1) is 15.2. The van der Waals surface area contributed by atoms with Gasteiger partial charge in [-0.05, 0) is 18.6 Å². The van der Waals surface area contributed by atoms with Crippen molar-refractivity contribution in [1.82, 2.24) is 9.78 Å². The normalized spacial score (nSPS) is 11.4. The zero-order chi connectivity index (χ0) is 15.6. The maximum atomic E-state index is 13.2. The summed E-state index contributed by atoms with van der Waals surface area (Å²) in [7, 11) is -3.23. The van der Waals surface area contributed by atoms with Crippen LogP contribution in [0, 0.1) is 0 Å². The molecule has 1 N–H and O–H groups in total. The number of nitrogens with one attached hydrogen (secondary N) is 1. The average Bonchev–Trinajstić information content (AvgIpc) is 2.79. The van der Waals surface area contributed by atoms with Gasteiger partial charge in [0.05, 0.1) is 16.9 Å². The third-order valence-electron chi connectivity index (χ3n) is 2.88. The molecule has 112 valence electrons. The van der Waals surface area contributed by atoms with Gasteiger partial charge in [-0.3, -0.25) is 9.48 Å². The van der Waals surface area contributed by atoms with Gasteiger partial charge in [-0.25, -0.2) is 0 Å². The fourth-order valence-electron chi connectivity index (χ4n) is 1.96. The summed E-state index contributed by atoms with van der Waals surface area (Å²) in [4.78, 5) is 11.6. The molecule has 2 aromatic rings. The number of para-hydroxylation sites is 1. The Kier molecular flexibility index (Phi) is 4.08. The number of anilines is 1. The van der Waals surface area contributed by atoms with Crippen molar-refractivity contribution in [3.63, 3.8) is 0 Å². The molecule has 1 amide bonds. The van der Waals surface area contributed by atoms with Crippen LogP contribution in [0.4, 0.5) is 9.57 Å². The number of hydrogen-bond acceptors (Lipinski definition) is 4. The van der Waals surface area contributed by atoms with Crippen molar-refractivity contribution in [1.29, 1.82) is 0 Å². The van der Waals surface area contributed by atoms with Crippen LogP contribution in [-0.2, 0) is 23.7 Å². The highest BCUT2D eigenvalue weighted by molar-refractivity contribution is 7.86. The van der Waals surface area contributed by atoms with Crippen molar-refractivity contribution < 1.29 is 17.1 Å². The van der Waals surface area contributed by atoms with Gasteiger partial charge in [0.1, 0.15) is 4.90 Å². The third-order valence-corrected chi connectivity index (χ3v) is 3.76. The smallest absolute Gasteiger partial charge is 0.321 e. The van der Waals surface area contributed by atoms with Crippen LogP contribution in [-0.4, -0.2) is 24.1 Å². The van der Waals surface area contributed by atoms with Crippen LogP contribution in [0.2, 0.25) is 0 Å². The summed E-state index contributed by atoms with van der Waals surface area (Å²) in [5, 5.41) is 6.54. The highest BCUT2D eigenvalue weighted by Gasteiger charge is 2.20. The number of benzene rings is 1. The Labute approximate surface area is 121 Å². The van der Waals surface area contributed by atoms with Gasteiger partial charge in [0, 0.05) is 13.2 Å². The lowest BCUT2D eigenvalue weighted by molar-refractivity contribution is 0.102. The summed E-state index contributed by atoms with van der Waals surface area (Å²) < 4.78 is 36.8. The number of aryl methyl sites for hydroxylation is 2. The van der Waals surface area contributed by atoms with Gasteiger partial charge in [-0.1, -0.05) is 19.1 Å². The van der Waals surface area contributed by atoms with Gasteiger partial charge in [-0.2, -0.15) is 13.5 Å². The number of carbonyl (C=O) groups excluding carboxylic acids is 1. The molecule has 8 heteroatoms. The lowest BCUT2D eigenvalue weighted by Gasteiger charge is -2.07. The molecule has 0 saturated heterocycles. The van der Waals surface area contributed by atoms with Gasteiger partial charge in [-0.15, -0.1) is 3.89 Å². The van der Waals surface area contributed by atoms with Crippen LogP contribution < -0.4 is 5.32 Å². The molecule has 0 saturated carbocycles. The number of carbonyl (C=O) groups is 1. The van der Waals surface area contributed by atoms with E-state index in [4.69, 9.17) is 0 Å². The maximum Gasteiger partial charge on any atom is 0.334 e. The minimum atomic E-state index is -4.91. The molecule has 1 heterocycles. The van der Waals surface area contributed by atoms with Crippen molar-refractivity contribution in [2.45, 2.75) is 18.2 Å². The maximum absolute atomic E-state index is 13.2. The second kappa shape index (κ2) is 5.65. The van der Waals surface area contributed by atoms with Crippen molar-refractivity contribution >= 4 is 21.8 Å². The van der Waals surface area contributed by atoms with E-state index in [2.05, 4.69) is 10.4 Å². The number of amides is 1. The Balaban J connectivity index is 2.37. The average molecular weight is 311 g/mol. The molecule has 0 unspecified atom stereocenters. The summed E-state index contributed by atoms with van der Waals surface area (Å²) >= 11 is 0. The Morgan fingerprint density at radius 3 is 2.67 bits per heavy atom. The van der Waals surface area contributed by atoms with Crippen LogP contribution in [0.25, 0.3) is 0 Å². The molecule has 2 rings (SSSR count). The van der Waals surface area contributed by atoms with E-state index < -0.39 is 21.0 Å². The second-order valence-corrected chi connectivity index (χ2v) is 5.72. The van der Waals surface area contributed by atoms with E-state index in [1.807, 2.05) is 6.92 Å². The predicted octanol–water partition coefficient (Wildman–Crippen LogP) is 1.89. The van der Waals surface area contributed by atoms with Crippen LogP contribution in [0.15, 0.2) is 35.4 Å². The zero-order valence-corrected chi connectivity index (χ0v) is 12.3. The SMILES string of the molecule is CCc1nn(C)cc1C(=O)Nc1ccccc1S(=O)(=O)F. The summed E-state index contributed by atoms with van der Waals surface area (Å²) in [5.74, 6) is -0.531. The van der Waals surface area contributed by atoms with E-state index in [-0.39, 0.29) is 5.69 Å². The van der Waals surface area contributed by atoms with Crippen molar-refractivity contribution in [3.8, 4) is 0 Å². The molecule has 1 aromatic carbocycles. The molecule has 0 radical (unpaired) electrons. The monoisotopic (exact) mass is 311 g/mol. The summed E-state index contributed by atoms with van der Waals surface area (Å²) in [6, 6.07) is 5.30. The zero-order valence-electron chi connectivity index (χ0n) is 11.5. The van der Waals surface area contributed by atoms with Gasteiger partial charge >= 0.3 is 10.2 Å². The first-order valence-corrected chi connectivity index (χ1v) is 7.59. The van der Waals surface area contributed by atoms with Crippen molar-refractivity contribution in [2.75, 3.05) is 5.32 Å². The Bertz CT molecular complexity index is 784. The molecule has 0 spiro atoms. The van der Waals surface area contributed by atoms with Crippen molar-refractivity contribution in [2.24, 2.45) is 7.05 Å². The quantitative estimate of drug-likeness (QED) is 0.874. The highest BCUT2D eigenvalue weighted by Crippen LogP contribution is 2.23. The molecule has 0 atom stereocenters. The fraction of sp³-hybridized carbons (Fsp3) is 0.231. The molecule has 0 fully saturated rings. The molecular weight excluding hydrogens is 297 g/mol.